The molecule has 0 unspecified atom stereocenters. The van der Waals surface area contributed by atoms with Gasteiger partial charge < -0.3 is 5.32 Å². The van der Waals surface area contributed by atoms with E-state index in [1.807, 2.05) is 38.1 Å². The average Bonchev–Trinajstić information content (AvgIpc) is 2.74. The largest absolute Gasteiger partial charge is 0.348 e. The smallest absolute Gasteiger partial charge is 0.264 e. The summed E-state index contributed by atoms with van der Waals surface area (Å²) in [7, 11) is -3.94. The molecular formula is C23H23ClN2O3S. The van der Waals surface area contributed by atoms with Gasteiger partial charge in [0.25, 0.3) is 10.0 Å². The number of carbonyl (C=O) groups is 1. The van der Waals surface area contributed by atoms with Gasteiger partial charge in [-0.1, -0.05) is 59.6 Å². The molecule has 0 aliphatic heterocycles. The Morgan fingerprint density at radius 2 is 1.57 bits per heavy atom. The van der Waals surface area contributed by atoms with Crippen LogP contribution >= 0.6 is 11.6 Å². The fourth-order valence-corrected chi connectivity index (χ4v) is 4.57. The molecular weight excluding hydrogens is 420 g/mol. The molecule has 156 valence electrons. The molecule has 3 rings (SSSR count). The summed E-state index contributed by atoms with van der Waals surface area (Å²) in [6.07, 6.45) is 0. The lowest BCUT2D eigenvalue weighted by Gasteiger charge is -2.25. The quantitative estimate of drug-likeness (QED) is 0.575. The Morgan fingerprint density at radius 3 is 2.17 bits per heavy atom. The van der Waals surface area contributed by atoms with E-state index >= 15 is 0 Å². The molecule has 30 heavy (non-hydrogen) atoms. The van der Waals surface area contributed by atoms with Crippen LogP contribution in [-0.4, -0.2) is 20.9 Å². The number of halogens is 1. The van der Waals surface area contributed by atoms with E-state index in [2.05, 4.69) is 5.32 Å². The van der Waals surface area contributed by atoms with Crippen LogP contribution in [0.5, 0.6) is 0 Å². The molecule has 0 saturated carbocycles. The highest BCUT2D eigenvalue weighted by Crippen LogP contribution is 2.25. The maximum atomic E-state index is 13.3. The number of carbonyl (C=O) groups excluding carboxylic acids is 1. The summed E-state index contributed by atoms with van der Waals surface area (Å²) >= 11 is 5.95. The second kappa shape index (κ2) is 9.32. The van der Waals surface area contributed by atoms with Crippen molar-refractivity contribution in [2.24, 2.45) is 0 Å². The van der Waals surface area contributed by atoms with Crippen molar-refractivity contribution in [2.45, 2.75) is 24.8 Å². The van der Waals surface area contributed by atoms with Crippen molar-refractivity contribution in [3.05, 3.63) is 95.0 Å². The predicted molar refractivity (Wildman–Crippen MR) is 120 cm³/mol. The van der Waals surface area contributed by atoms with E-state index in [0.29, 0.717) is 10.7 Å². The third-order valence-corrected chi connectivity index (χ3v) is 6.73. The van der Waals surface area contributed by atoms with E-state index in [0.717, 1.165) is 15.4 Å². The zero-order chi connectivity index (χ0) is 21.7. The normalized spacial score (nSPS) is 12.2. The lowest BCUT2D eigenvalue weighted by atomic mass is 10.1. The highest BCUT2D eigenvalue weighted by atomic mass is 35.5. The van der Waals surface area contributed by atoms with Gasteiger partial charge in [0.1, 0.15) is 6.54 Å². The standard InChI is InChI=1S/C23H23ClN2O3S/c1-17-8-10-19(11-9-17)18(2)25-23(27)16-26(21-14-12-20(24)13-15-21)30(28,29)22-6-4-3-5-7-22/h3-15,18H,16H2,1-2H3,(H,25,27)/t18-/m1/s1. The number of nitrogens with one attached hydrogen (secondary N) is 1. The third kappa shape index (κ3) is 5.20. The molecule has 0 aliphatic rings. The fraction of sp³-hybridized carbons (Fsp3) is 0.174. The Bertz CT molecular complexity index is 1100. The lowest BCUT2D eigenvalue weighted by Crippen LogP contribution is -2.41. The molecule has 0 fully saturated rings. The van der Waals surface area contributed by atoms with E-state index in [4.69, 9.17) is 11.6 Å². The third-order valence-electron chi connectivity index (χ3n) is 4.69. The van der Waals surface area contributed by atoms with Crippen molar-refractivity contribution < 1.29 is 13.2 Å². The number of anilines is 1. The zero-order valence-corrected chi connectivity index (χ0v) is 18.3. The Labute approximate surface area is 182 Å². The van der Waals surface area contributed by atoms with Gasteiger partial charge in [0.15, 0.2) is 0 Å². The zero-order valence-electron chi connectivity index (χ0n) is 16.7. The topological polar surface area (TPSA) is 66.5 Å². The van der Waals surface area contributed by atoms with Crippen molar-refractivity contribution in [2.75, 3.05) is 10.8 Å². The molecule has 1 N–H and O–H groups in total. The highest BCUT2D eigenvalue weighted by molar-refractivity contribution is 7.92. The van der Waals surface area contributed by atoms with Crippen molar-refractivity contribution >= 4 is 33.2 Å². The first kappa shape index (κ1) is 21.9. The number of sulfonamides is 1. The van der Waals surface area contributed by atoms with Gasteiger partial charge in [0.2, 0.25) is 5.91 Å². The number of aryl methyl sites for hydroxylation is 1. The minimum absolute atomic E-state index is 0.110. The van der Waals surface area contributed by atoms with Crippen LogP contribution in [0.2, 0.25) is 5.02 Å². The number of rotatable bonds is 7. The molecule has 1 amide bonds. The van der Waals surface area contributed by atoms with Crippen molar-refractivity contribution in [1.29, 1.82) is 0 Å². The number of hydrogen-bond acceptors (Lipinski definition) is 3. The van der Waals surface area contributed by atoms with E-state index < -0.39 is 15.9 Å². The summed E-state index contributed by atoms with van der Waals surface area (Å²) in [6.45, 7) is 3.50. The van der Waals surface area contributed by atoms with Gasteiger partial charge in [0.05, 0.1) is 16.6 Å². The maximum absolute atomic E-state index is 13.3. The van der Waals surface area contributed by atoms with Crippen LogP contribution in [0.25, 0.3) is 0 Å². The monoisotopic (exact) mass is 442 g/mol. The second-order valence-electron chi connectivity index (χ2n) is 7.00. The number of amides is 1. The van der Waals surface area contributed by atoms with Gasteiger partial charge in [-0.3, -0.25) is 9.10 Å². The molecule has 3 aromatic rings. The van der Waals surface area contributed by atoms with Crippen LogP contribution in [0.3, 0.4) is 0 Å². The van der Waals surface area contributed by atoms with Gasteiger partial charge >= 0.3 is 0 Å². The fourth-order valence-electron chi connectivity index (χ4n) is 3.00. The molecule has 0 aliphatic carbocycles. The van der Waals surface area contributed by atoms with Crippen LogP contribution in [-0.2, 0) is 14.8 Å². The van der Waals surface area contributed by atoms with E-state index in [1.54, 1.807) is 42.5 Å². The molecule has 0 bridgehead atoms. The summed E-state index contributed by atoms with van der Waals surface area (Å²) in [6, 6.07) is 22.0. The molecule has 5 nitrogen and oxygen atoms in total. The first-order chi connectivity index (χ1) is 14.3. The van der Waals surface area contributed by atoms with Gasteiger partial charge in [-0.25, -0.2) is 8.42 Å². The molecule has 7 heteroatoms. The van der Waals surface area contributed by atoms with Crippen LogP contribution in [0, 0.1) is 6.92 Å². The predicted octanol–water partition coefficient (Wildman–Crippen LogP) is 4.72. The van der Waals surface area contributed by atoms with Gasteiger partial charge in [-0.2, -0.15) is 0 Å². The number of nitrogens with zero attached hydrogens (tertiary/aromatic N) is 1. The minimum Gasteiger partial charge on any atom is -0.348 e. The Kier molecular flexibility index (Phi) is 6.80. The Morgan fingerprint density at radius 1 is 0.967 bits per heavy atom. The van der Waals surface area contributed by atoms with Crippen molar-refractivity contribution in [3.8, 4) is 0 Å². The molecule has 0 saturated heterocycles. The van der Waals surface area contributed by atoms with Crippen LogP contribution in [0.1, 0.15) is 24.1 Å². The molecule has 0 spiro atoms. The van der Waals surface area contributed by atoms with Crippen molar-refractivity contribution in [1.82, 2.24) is 5.32 Å². The summed E-state index contributed by atoms with van der Waals surface area (Å²) in [4.78, 5) is 12.9. The average molecular weight is 443 g/mol. The second-order valence-corrected chi connectivity index (χ2v) is 9.30. The van der Waals surface area contributed by atoms with E-state index in [-0.39, 0.29) is 17.5 Å². The highest BCUT2D eigenvalue weighted by Gasteiger charge is 2.27. The Balaban J connectivity index is 1.86. The molecule has 0 aromatic heterocycles. The number of benzene rings is 3. The van der Waals surface area contributed by atoms with Crippen molar-refractivity contribution in [3.63, 3.8) is 0 Å². The van der Waals surface area contributed by atoms with Crippen LogP contribution in [0.4, 0.5) is 5.69 Å². The van der Waals surface area contributed by atoms with Crippen LogP contribution < -0.4 is 9.62 Å². The summed E-state index contributed by atoms with van der Waals surface area (Å²) in [5.41, 5.74) is 2.43. The summed E-state index contributed by atoms with van der Waals surface area (Å²) < 4.78 is 27.6. The molecule has 1 atom stereocenters. The maximum Gasteiger partial charge on any atom is 0.264 e. The van der Waals surface area contributed by atoms with Gasteiger partial charge in [-0.15, -0.1) is 0 Å². The first-order valence-electron chi connectivity index (χ1n) is 9.46. The van der Waals surface area contributed by atoms with E-state index in [1.165, 1.54) is 12.1 Å². The van der Waals surface area contributed by atoms with Crippen LogP contribution in [0.15, 0.2) is 83.8 Å². The lowest BCUT2D eigenvalue weighted by molar-refractivity contribution is -0.120. The molecule has 3 aromatic carbocycles. The summed E-state index contributed by atoms with van der Waals surface area (Å²) in [5, 5.41) is 3.36. The molecule has 0 heterocycles. The van der Waals surface area contributed by atoms with Gasteiger partial charge in [-0.05, 0) is 55.8 Å². The Hall–Kier alpha value is -2.83. The van der Waals surface area contributed by atoms with E-state index in [9.17, 15) is 13.2 Å². The van der Waals surface area contributed by atoms with Gasteiger partial charge in [0, 0.05) is 5.02 Å². The molecule has 0 radical (unpaired) electrons. The minimum atomic E-state index is -3.94. The number of hydrogen-bond donors (Lipinski definition) is 1. The SMILES string of the molecule is Cc1ccc([C@@H](C)NC(=O)CN(c2ccc(Cl)cc2)S(=O)(=O)c2ccccc2)cc1. The summed E-state index contributed by atoms with van der Waals surface area (Å²) in [5.74, 6) is -0.405. The first-order valence-corrected chi connectivity index (χ1v) is 11.3.